The van der Waals surface area contributed by atoms with Crippen LogP contribution < -0.4 is 0 Å². The van der Waals surface area contributed by atoms with Crippen molar-refractivity contribution in [3.05, 3.63) is 35.5 Å². The van der Waals surface area contributed by atoms with E-state index in [-0.39, 0.29) is 5.41 Å². The molecule has 0 saturated heterocycles. The summed E-state index contributed by atoms with van der Waals surface area (Å²) in [6.07, 6.45) is 2.12. The fraction of sp³-hybridized carbons (Fsp3) is 0.471. The molecule has 2 aromatic rings. The highest BCUT2D eigenvalue weighted by Gasteiger charge is 2.17. The van der Waals surface area contributed by atoms with Gasteiger partial charge in [0.25, 0.3) is 0 Å². The molecule has 0 unspecified atom stereocenters. The molecular formula is C17H22N4. The summed E-state index contributed by atoms with van der Waals surface area (Å²) in [5.74, 6) is 0. The Labute approximate surface area is 126 Å². The summed E-state index contributed by atoms with van der Waals surface area (Å²) in [6, 6.07) is 10.5. The van der Waals surface area contributed by atoms with Crippen LogP contribution in [0.5, 0.6) is 0 Å². The van der Waals surface area contributed by atoms with Gasteiger partial charge in [-0.05, 0) is 17.4 Å². The largest absolute Gasteiger partial charge is 0.243 e. The quantitative estimate of drug-likeness (QED) is 0.854. The van der Waals surface area contributed by atoms with Gasteiger partial charge in [0.1, 0.15) is 11.8 Å². The number of unbranched alkanes of at least 4 members (excludes halogenated alkanes) is 1. The second kappa shape index (κ2) is 6.09. The molecule has 110 valence electrons. The number of aryl methyl sites for hydroxylation is 1. The van der Waals surface area contributed by atoms with Gasteiger partial charge >= 0.3 is 0 Å². The van der Waals surface area contributed by atoms with Gasteiger partial charge in [-0.25, -0.2) is 4.68 Å². The van der Waals surface area contributed by atoms with Crippen molar-refractivity contribution in [3.8, 4) is 17.3 Å². The Morgan fingerprint density at radius 2 is 1.86 bits per heavy atom. The third-order valence-electron chi connectivity index (χ3n) is 3.59. The first-order chi connectivity index (χ1) is 9.97. The molecular weight excluding hydrogens is 260 g/mol. The maximum Gasteiger partial charge on any atom is 0.190 e. The summed E-state index contributed by atoms with van der Waals surface area (Å²) >= 11 is 0. The minimum Gasteiger partial charge on any atom is -0.243 e. The molecule has 1 aromatic carbocycles. The molecule has 0 radical (unpaired) electrons. The van der Waals surface area contributed by atoms with E-state index in [4.69, 9.17) is 0 Å². The third-order valence-corrected chi connectivity index (χ3v) is 3.59. The van der Waals surface area contributed by atoms with Gasteiger partial charge in [-0.1, -0.05) is 63.6 Å². The second-order valence-corrected chi connectivity index (χ2v) is 6.30. The highest BCUT2D eigenvalue weighted by Crippen LogP contribution is 2.27. The average Bonchev–Trinajstić information content (AvgIpc) is 2.87. The van der Waals surface area contributed by atoms with E-state index in [1.165, 1.54) is 5.56 Å². The van der Waals surface area contributed by atoms with Crippen LogP contribution in [0, 0.1) is 11.3 Å². The average molecular weight is 282 g/mol. The Bertz CT molecular complexity index is 639. The lowest BCUT2D eigenvalue weighted by Gasteiger charge is -2.19. The number of nitrogens with zero attached hydrogens (tertiary/aromatic N) is 4. The molecule has 0 aliphatic heterocycles. The normalized spacial score (nSPS) is 11.4. The van der Waals surface area contributed by atoms with Crippen LogP contribution in [0.25, 0.3) is 11.3 Å². The van der Waals surface area contributed by atoms with Gasteiger partial charge in [-0.2, -0.15) is 5.26 Å². The van der Waals surface area contributed by atoms with Gasteiger partial charge in [-0.15, -0.1) is 5.10 Å². The van der Waals surface area contributed by atoms with Crippen molar-refractivity contribution in [2.45, 2.75) is 52.5 Å². The highest BCUT2D eigenvalue weighted by molar-refractivity contribution is 5.65. The van der Waals surface area contributed by atoms with Crippen LogP contribution >= 0.6 is 0 Å². The van der Waals surface area contributed by atoms with E-state index in [0.29, 0.717) is 5.69 Å². The monoisotopic (exact) mass is 282 g/mol. The molecule has 21 heavy (non-hydrogen) atoms. The Morgan fingerprint density at radius 1 is 1.19 bits per heavy atom. The SMILES string of the molecule is CCCCn1nnc(C#N)c1-c1ccc(C(C)(C)C)cc1. The molecule has 4 nitrogen and oxygen atoms in total. The molecule has 0 aliphatic rings. The first kappa shape index (κ1) is 15.2. The summed E-state index contributed by atoms with van der Waals surface area (Å²) in [6.45, 7) is 9.50. The van der Waals surface area contributed by atoms with Gasteiger partial charge in [0.15, 0.2) is 5.69 Å². The highest BCUT2D eigenvalue weighted by atomic mass is 15.4. The maximum absolute atomic E-state index is 9.24. The predicted octanol–water partition coefficient (Wildman–Crippen LogP) is 3.91. The van der Waals surface area contributed by atoms with E-state index in [2.05, 4.69) is 68.3 Å². The van der Waals surface area contributed by atoms with E-state index in [1.807, 2.05) is 4.68 Å². The lowest BCUT2D eigenvalue weighted by atomic mass is 9.86. The summed E-state index contributed by atoms with van der Waals surface area (Å²) in [5.41, 5.74) is 3.62. The van der Waals surface area contributed by atoms with E-state index < -0.39 is 0 Å². The molecule has 0 fully saturated rings. The van der Waals surface area contributed by atoms with Gasteiger partial charge in [-0.3, -0.25) is 0 Å². The minimum atomic E-state index is 0.122. The molecule has 2 rings (SSSR count). The molecule has 0 N–H and O–H groups in total. The number of nitriles is 1. The van der Waals surface area contributed by atoms with Crippen molar-refractivity contribution in [1.82, 2.24) is 15.0 Å². The zero-order chi connectivity index (χ0) is 15.5. The second-order valence-electron chi connectivity index (χ2n) is 6.30. The Kier molecular flexibility index (Phi) is 4.42. The number of hydrogen-bond acceptors (Lipinski definition) is 3. The van der Waals surface area contributed by atoms with Crippen LogP contribution in [-0.4, -0.2) is 15.0 Å². The lowest BCUT2D eigenvalue weighted by molar-refractivity contribution is 0.557. The molecule has 1 aromatic heterocycles. The molecule has 0 amide bonds. The van der Waals surface area contributed by atoms with E-state index >= 15 is 0 Å². The van der Waals surface area contributed by atoms with Crippen LogP contribution in [-0.2, 0) is 12.0 Å². The van der Waals surface area contributed by atoms with Crippen molar-refractivity contribution in [1.29, 1.82) is 5.26 Å². The van der Waals surface area contributed by atoms with Gasteiger partial charge < -0.3 is 0 Å². The number of hydrogen-bond donors (Lipinski definition) is 0. The van der Waals surface area contributed by atoms with Crippen molar-refractivity contribution in [3.63, 3.8) is 0 Å². The smallest absolute Gasteiger partial charge is 0.190 e. The molecule has 0 spiro atoms. The molecule has 0 saturated carbocycles. The Hall–Kier alpha value is -2.15. The Morgan fingerprint density at radius 3 is 2.38 bits per heavy atom. The summed E-state index contributed by atoms with van der Waals surface area (Å²) in [5, 5.41) is 17.3. The van der Waals surface area contributed by atoms with Crippen molar-refractivity contribution >= 4 is 0 Å². The fourth-order valence-corrected chi connectivity index (χ4v) is 2.27. The van der Waals surface area contributed by atoms with Crippen molar-refractivity contribution < 1.29 is 0 Å². The van der Waals surface area contributed by atoms with Crippen LogP contribution in [0.3, 0.4) is 0 Å². The number of benzene rings is 1. The predicted molar refractivity (Wildman–Crippen MR) is 83.8 cm³/mol. The minimum absolute atomic E-state index is 0.122. The first-order valence-electron chi connectivity index (χ1n) is 7.42. The molecule has 0 bridgehead atoms. The maximum atomic E-state index is 9.24. The van der Waals surface area contributed by atoms with E-state index in [0.717, 1.165) is 30.6 Å². The topological polar surface area (TPSA) is 54.5 Å². The lowest BCUT2D eigenvalue weighted by Crippen LogP contribution is -2.10. The van der Waals surface area contributed by atoms with Crippen LogP contribution in [0.1, 0.15) is 51.8 Å². The van der Waals surface area contributed by atoms with Crippen molar-refractivity contribution in [2.24, 2.45) is 0 Å². The standard InChI is InChI=1S/C17H22N4/c1-5-6-11-21-16(15(12-18)19-20-21)13-7-9-14(10-8-13)17(2,3)4/h7-10H,5-6,11H2,1-4H3. The molecule has 4 heteroatoms. The zero-order valence-corrected chi connectivity index (χ0v) is 13.2. The van der Waals surface area contributed by atoms with Crippen LogP contribution in [0.2, 0.25) is 0 Å². The number of rotatable bonds is 4. The summed E-state index contributed by atoms with van der Waals surface area (Å²) in [7, 11) is 0. The summed E-state index contributed by atoms with van der Waals surface area (Å²) in [4.78, 5) is 0. The molecule has 0 atom stereocenters. The number of aromatic nitrogens is 3. The van der Waals surface area contributed by atoms with Gasteiger partial charge in [0.05, 0.1) is 0 Å². The van der Waals surface area contributed by atoms with Crippen LogP contribution in [0.4, 0.5) is 0 Å². The molecule has 0 aliphatic carbocycles. The van der Waals surface area contributed by atoms with Crippen LogP contribution in [0.15, 0.2) is 24.3 Å². The van der Waals surface area contributed by atoms with Gasteiger partial charge in [0, 0.05) is 12.1 Å². The van der Waals surface area contributed by atoms with Gasteiger partial charge in [0.2, 0.25) is 0 Å². The van der Waals surface area contributed by atoms with E-state index in [9.17, 15) is 5.26 Å². The zero-order valence-electron chi connectivity index (χ0n) is 13.2. The van der Waals surface area contributed by atoms with Crippen molar-refractivity contribution in [2.75, 3.05) is 0 Å². The molecule has 1 heterocycles. The first-order valence-corrected chi connectivity index (χ1v) is 7.42. The summed E-state index contributed by atoms with van der Waals surface area (Å²) < 4.78 is 1.84. The fourth-order valence-electron chi connectivity index (χ4n) is 2.27. The van der Waals surface area contributed by atoms with E-state index in [1.54, 1.807) is 0 Å². The third kappa shape index (κ3) is 3.30. The Balaban J connectivity index is 2.41.